The van der Waals surface area contributed by atoms with Gasteiger partial charge >= 0.3 is 0 Å². The van der Waals surface area contributed by atoms with E-state index in [0.717, 1.165) is 15.7 Å². The maximum atomic E-state index is 12.7. The average Bonchev–Trinajstić information content (AvgIpc) is 3.13. The molecule has 0 saturated carbocycles. The van der Waals surface area contributed by atoms with Crippen LogP contribution in [0.15, 0.2) is 52.6 Å². The standard InChI is InChI=1S/C17H11BrN2O3S/c18-11-2-4-12(5-3-11)20-16(21)13(19-17(20)24)7-10-1-6-14-15(8-10)23-9-22-14/h1-8H,9H2,(H,19,24)/b13-7+. The SMILES string of the molecule is O=C1/C(=C\c2ccc3c(c2)OCO3)NC(=S)N1c1ccc(Br)cc1. The van der Waals surface area contributed by atoms with Gasteiger partial charge in [0.15, 0.2) is 16.6 Å². The summed E-state index contributed by atoms with van der Waals surface area (Å²) < 4.78 is 11.6. The minimum Gasteiger partial charge on any atom is -0.454 e. The van der Waals surface area contributed by atoms with Gasteiger partial charge in [-0.25, -0.2) is 0 Å². The topological polar surface area (TPSA) is 50.8 Å². The van der Waals surface area contributed by atoms with Gasteiger partial charge in [0.2, 0.25) is 6.79 Å². The molecule has 4 rings (SSSR count). The fraction of sp³-hybridized carbons (Fsp3) is 0.0588. The zero-order valence-electron chi connectivity index (χ0n) is 12.3. The Morgan fingerprint density at radius 1 is 1.12 bits per heavy atom. The Kier molecular flexibility index (Phi) is 3.74. The van der Waals surface area contributed by atoms with Gasteiger partial charge < -0.3 is 14.8 Å². The quantitative estimate of drug-likeness (QED) is 0.615. The van der Waals surface area contributed by atoms with Crippen molar-refractivity contribution in [3.05, 3.63) is 58.2 Å². The molecule has 0 radical (unpaired) electrons. The van der Waals surface area contributed by atoms with Crippen molar-refractivity contribution in [1.29, 1.82) is 0 Å². The van der Waals surface area contributed by atoms with Crippen molar-refractivity contribution in [2.45, 2.75) is 0 Å². The Labute approximate surface area is 152 Å². The molecule has 2 heterocycles. The second-order valence-electron chi connectivity index (χ2n) is 5.22. The minimum absolute atomic E-state index is 0.194. The number of hydrogen-bond acceptors (Lipinski definition) is 4. The maximum Gasteiger partial charge on any atom is 0.281 e. The first-order valence-corrected chi connectivity index (χ1v) is 8.34. The lowest BCUT2D eigenvalue weighted by Crippen LogP contribution is -2.30. The molecule has 2 aliphatic heterocycles. The van der Waals surface area contributed by atoms with Gasteiger partial charge in [0, 0.05) is 4.47 Å². The number of carbonyl (C=O) groups is 1. The Hall–Kier alpha value is -2.38. The van der Waals surface area contributed by atoms with Gasteiger partial charge in [-0.2, -0.15) is 0 Å². The first kappa shape index (κ1) is 15.2. The number of carbonyl (C=O) groups excluding carboxylic acids is 1. The van der Waals surface area contributed by atoms with Gasteiger partial charge in [-0.15, -0.1) is 0 Å². The summed E-state index contributed by atoms with van der Waals surface area (Å²) in [4.78, 5) is 14.2. The number of amides is 1. The molecule has 24 heavy (non-hydrogen) atoms. The lowest BCUT2D eigenvalue weighted by Gasteiger charge is -2.13. The third-order valence-corrected chi connectivity index (χ3v) is 4.48. The van der Waals surface area contributed by atoms with Gasteiger partial charge in [0.05, 0.1) is 5.69 Å². The minimum atomic E-state index is -0.194. The van der Waals surface area contributed by atoms with Crippen LogP contribution in [0.1, 0.15) is 5.56 Å². The number of nitrogens with one attached hydrogen (secondary N) is 1. The number of ether oxygens (including phenoxy) is 2. The molecular formula is C17H11BrN2O3S. The van der Waals surface area contributed by atoms with Crippen LogP contribution in [0, 0.1) is 0 Å². The number of fused-ring (bicyclic) bond motifs is 1. The van der Waals surface area contributed by atoms with E-state index in [1.54, 1.807) is 6.08 Å². The van der Waals surface area contributed by atoms with Crippen molar-refractivity contribution in [1.82, 2.24) is 5.32 Å². The molecule has 1 fully saturated rings. The van der Waals surface area contributed by atoms with E-state index < -0.39 is 0 Å². The molecule has 0 aromatic heterocycles. The maximum absolute atomic E-state index is 12.7. The Bertz CT molecular complexity index is 880. The summed E-state index contributed by atoms with van der Waals surface area (Å²) in [5.41, 5.74) is 1.96. The molecule has 1 N–H and O–H groups in total. The highest BCUT2D eigenvalue weighted by Gasteiger charge is 2.32. The molecule has 120 valence electrons. The van der Waals surface area contributed by atoms with E-state index in [1.807, 2.05) is 42.5 Å². The summed E-state index contributed by atoms with van der Waals surface area (Å²) in [6.07, 6.45) is 1.75. The fourth-order valence-corrected chi connectivity index (χ4v) is 3.09. The van der Waals surface area contributed by atoms with E-state index >= 15 is 0 Å². The number of thiocarbonyl (C=S) groups is 1. The molecule has 0 aliphatic carbocycles. The first-order chi connectivity index (χ1) is 11.6. The van der Waals surface area contributed by atoms with Crippen molar-refractivity contribution < 1.29 is 14.3 Å². The zero-order valence-corrected chi connectivity index (χ0v) is 14.7. The number of hydrogen-bond donors (Lipinski definition) is 1. The molecular weight excluding hydrogens is 392 g/mol. The predicted molar refractivity (Wildman–Crippen MR) is 97.9 cm³/mol. The van der Waals surface area contributed by atoms with Gasteiger partial charge in [-0.05, 0) is 60.3 Å². The van der Waals surface area contributed by atoms with Crippen LogP contribution in [0.25, 0.3) is 6.08 Å². The molecule has 2 aliphatic rings. The average molecular weight is 403 g/mol. The molecule has 0 spiro atoms. The monoisotopic (exact) mass is 402 g/mol. The smallest absolute Gasteiger partial charge is 0.281 e. The van der Waals surface area contributed by atoms with Crippen molar-refractivity contribution in [2.24, 2.45) is 0 Å². The van der Waals surface area contributed by atoms with Crippen molar-refractivity contribution in [3.8, 4) is 11.5 Å². The lowest BCUT2D eigenvalue weighted by atomic mass is 10.1. The molecule has 1 amide bonds. The van der Waals surface area contributed by atoms with Crippen LogP contribution in [0.3, 0.4) is 0 Å². The van der Waals surface area contributed by atoms with Crippen LogP contribution < -0.4 is 19.7 Å². The second kappa shape index (κ2) is 5.92. The molecule has 5 nitrogen and oxygen atoms in total. The summed E-state index contributed by atoms with van der Waals surface area (Å²) in [6.45, 7) is 0.216. The third kappa shape index (κ3) is 2.65. The van der Waals surface area contributed by atoms with Gasteiger partial charge in [-0.3, -0.25) is 9.69 Å². The number of rotatable bonds is 2. The van der Waals surface area contributed by atoms with Gasteiger partial charge in [0.1, 0.15) is 5.70 Å². The van der Waals surface area contributed by atoms with E-state index in [9.17, 15) is 4.79 Å². The van der Waals surface area contributed by atoms with Crippen LogP contribution in [0.5, 0.6) is 11.5 Å². The summed E-state index contributed by atoms with van der Waals surface area (Å²) in [5.74, 6) is 1.18. The van der Waals surface area contributed by atoms with E-state index in [4.69, 9.17) is 21.7 Å². The summed E-state index contributed by atoms with van der Waals surface area (Å²) in [7, 11) is 0. The summed E-state index contributed by atoms with van der Waals surface area (Å²) >= 11 is 8.68. The summed E-state index contributed by atoms with van der Waals surface area (Å²) in [5, 5.41) is 3.32. The predicted octanol–water partition coefficient (Wildman–Crippen LogP) is 3.44. The third-order valence-electron chi connectivity index (χ3n) is 3.67. The Balaban J connectivity index is 1.64. The van der Waals surface area contributed by atoms with E-state index in [2.05, 4.69) is 21.2 Å². The van der Waals surface area contributed by atoms with Crippen LogP contribution >= 0.6 is 28.1 Å². The van der Waals surface area contributed by atoms with Crippen LogP contribution in [-0.2, 0) is 4.79 Å². The normalized spacial score (nSPS) is 17.5. The largest absolute Gasteiger partial charge is 0.454 e. The molecule has 1 saturated heterocycles. The fourth-order valence-electron chi connectivity index (χ4n) is 2.53. The zero-order chi connectivity index (χ0) is 16.7. The lowest BCUT2D eigenvalue weighted by molar-refractivity contribution is -0.113. The number of benzene rings is 2. The summed E-state index contributed by atoms with van der Waals surface area (Å²) in [6, 6.07) is 12.9. The van der Waals surface area contributed by atoms with E-state index in [-0.39, 0.29) is 12.7 Å². The highest BCUT2D eigenvalue weighted by Crippen LogP contribution is 2.33. The Morgan fingerprint density at radius 2 is 1.88 bits per heavy atom. The molecule has 0 atom stereocenters. The number of halogens is 1. The molecule has 7 heteroatoms. The van der Waals surface area contributed by atoms with Crippen LogP contribution in [0.4, 0.5) is 5.69 Å². The highest BCUT2D eigenvalue weighted by atomic mass is 79.9. The van der Waals surface area contributed by atoms with Crippen LogP contribution in [0.2, 0.25) is 0 Å². The van der Waals surface area contributed by atoms with Crippen LogP contribution in [-0.4, -0.2) is 17.8 Å². The van der Waals surface area contributed by atoms with Crippen molar-refractivity contribution in [3.63, 3.8) is 0 Å². The van der Waals surface area contributed by atoms with E-state index in [0.29, 0.717) is 22.3 Å². The van der Waals surface area contributed by atoms with E-state index in [1.165, 1.54) is 4.90 Å². The molecule has 2 aromatic rings. The van der Waals surface area contributed by atoms with Gasteiger partial charge in [0.25, 0.3) is 5.91 Å². The number of nitrogens with zero attached hydrogens (tertiary/aromatic N) is 1. The van der Waals surface area contributed by atoms with Gasteiger partial charge in [-0.1, -0.05) is 22.0 Å². The molecule has 2 aromatic carbocycles. The second-order valence-corrected chi connectivity index (χ2v) is 6.52. The molecule has 0 unspecified atom stereocenters. The first-order valence-electron chi connectivity index (χ1n) is 7.14. The Morgan fingerprint density at radius 3 is 2.67 bits per heavy atom. The highest BCUT2D eigenvalue weighted by molar-refractivity contribution is 9.10. The number of anilines is 1. The van der Waals surface area contributed by atoms with Crippen molar-refractivity contribution >= 4 is 50.9 Å². The van der Waals surface area contributed by atoms with Crippen molar-refractivity contribution in [2.75, 3.05) is 11.7 Å². The molecule has 0 bridgehead atoms.